The molecule has 0 N–H and O–H groups in total. The monoisotopic (exact) mass is 227 g/mol. The van der Waals surface area contributed by atoms with E-state index in [1.165, 1.54) is 64.2 Å². The molecular weight excluding hydrogens is 192 g/mol. The van der Waals surface area contributed by atoms with Gasteiger partial charge in [0.15, 0.2) is 0 Å². The summed E-state index contributed by atoms with van der Waals surface area (Å²) in [5.74, 6) is 0. The summed E-state index contributed by atoms with van der Waals surface area (Å²) >= 11 is 0. The molecule has 16 heavy (non-hydrogen) atoms. The fourth-order valence-corrected chi connectivity index (χ4v) is 2.03. The van der Waals surface area contributed by atoms with Crippen molar-refractivity contribution in [1.82, 2.24) is 0 Å². The first-order valence-corrected chi connectivity index (χ1v) is 7.52. The molecule has 97 valence electrons. The van der Waals surface area contributed by atoms with Gasteiger partial charge in [0, 0.05) is 1.37 Å². The van der Waals surface area contributed by atoms with E-state index < -0.39 is 0 Å². The minimum Gasteiger partial charge on any atom is -0.0654 e. The first kappa shape index (κ1) is 14.1. The zero-order chi connectivity index (χ0) is 12.8. The summed E-state index contributed by atoms with van der Waals surface area (Å²) in [5.41, 5.74) is 0. The molecule has 0 aromatic rings. The van der Waals surface area contributed by atoms with Crippen LogP contribution in [0.5, 0.6) is 0 Å². The molecule has 0 aromatic heterocycles. The molecule has 0 rings (SSSR count). The summed E-state index contributed by atoms with van der Waals surface area (Å²) in [7, 11) is 0. The van der Waals surface area contributed by atoms with Gasteiger partial charge in [0.2, 0.25) is 0 Å². The van der Waals surface area contributed by atoms with Crippen LogP contribution in [-0.4, -0.2) is 0 Å². The Kier molecular flexibility index (Phi) is 13.2. The second kappa shape index (κ2) is 15.0. The largest absolute Gasteiger partial charge is 0.0654 e. The maximum atomic E-state index is 7.95. The van der Waals surface area contributed by atoms with E-state index in [9.17, 15) is 0 Å². The van der Waals surface area contributed by atoms with Crippen molar-refractivity contribution in [1.29, 1.82) is 0 Å². The Bertz CT molecular complexity index is 133. The highest BCUT2D eigenvalue weighted by Crippen LogP contribution is 2.12. The van der Waals surface area contributed by atoms with Crippen molar-refractivity contribution in [2.75, 3.05) is 0 Å². The van der Waals surface area contributed by atoms with Crippen molar-refractivity contribution in [2.45, 2.75) is 96.8 Å². The predicted octanol–water partition coefficient (Wildman–Crippen LogP) is 6.30. The number of unbranched alkanes of at least 4 members (excludes halogenated alkanes) is 9. The van der Waals surface area contributed by atoms with Gasteiger partial charge in [-0.15, -0.1) is 0 Å². The normalized spacial score (nSPS) is 13.8. The van der Waals surface area contributed by atoms with Crippen LogP contribution < -0.4 is 0 Å². The highest BCUT2D eigenvalue weighted by Gasteiger charge is 1.92. The maximum Gasteiger partial charge on any atom is 0.0267 e. The summed E-state index contributed by atoms with van der Waals surface area (Å²) in [6.45, 7) is 6.10. The molecule has 1 unspecified atom stereocenters. The van der Waals surface area contributed by atoms with Crippen molar-refractivity contribution in [3.05, 3.63) is 6.92 Å². The zero-order valence-corrected chi connectivity index (χ0v) is 11.5. The van der Waals surface area contributed by atoms with Gasteiger partial charge in [0.05, 0.1) is 0 Å². The minimum atomic E-state index is 0.215. The molecule has 0 nitrogen and oxygen atoms in total. The molecule has 0 heteroatoms. The second-order valence-electron chi connectivity index (χ2n) is 4.90. The van der Waals surface area contributed by atoms with Crippen LogP contribution in [0.15, 0.2) is 0 Å². The molecular formula is C16H33. The van der Waals surface area contributed by atoms with E-state index in [0.717, 1.165) is 19.3 Å². The van der Waals surface area contributed by atoms with E-state index in [0.29, 0.717) is 0 Å². The van der Waals surface area contributed by atoms with Crippen LogP contribution in [0.2, 0.25) is 0 Å². The third kappa shape index (κ3) is 14.0. The molecule has 0 aliphatic rings. The van der Waals surface area contributed by atoms with Crippen molar-refractivity contribution in [3.63, 3.8) is 0 Å². The maximum absolute atomic E-state index is 7.95. The first-order chi connectivity index (χ1) is 8.31. The Labute approximate surface area is 106 Å². The molecule has 1 atom stereocenters. The smallest absolute Gasteiger partial charge is 0.0267 e. The lowest BCUT2D eigenvalue weighted by molar-refractivity contribution is 0.540. The van der Waals surface area contributed by atoms with Crippen molar-refractivity contribution in [2.24, 2.45) is 0 Å². The van der Waals surface area contributed by atoms with Crippen LogP contribution in [0.1, 0.15) is 98.2 Å². The molecule has 0 amide bonds. The SMILES string of the molecule is [3H]C(CCCCCC)CCCCCCCC[CH2]. The number of hydrogen-bond donors (Lipinski definition) is 0. The summed E-state index contributed by atoms with van der Waals surface area (Å²) in [4.78, 5) is 0. The quantitative estimate of drug-likeness (QED) is 0.324. The van der Waals surface area contributed by atoms with Crippen molar-refractivity contribution in [3.8, 4) is 0 Å². The van der Waals surface area contributed by atoms with Gasteiger partial charge in [0.1, 0.15) is 0 Å². The fraction of sp³-hybridized carbons (Fsp3) is 0.938. The Morgan fingerprint density at radius 2 is 1.12 bits per heavy atom. The topological polar surface area (TPSA) is 0 Å². The lowest BCUT2D eigenvalue weighted by Crippen LogP contribution is -1.82. The lowest BCUT2D eigenvalue weighted by atomic mass is 10.0. The Morgan fingerprint density at radius 1 is 0.688 bits per heavy atom. The zero-order valence-electron chi connectivity index (χ0n) is 12.5. The first-order valence-electron chi connectivity index (χ1n) is 8.10. The fourth-order valence-electron chi connectivity index (χ4n) is 2.03. The van der Waals surface area contributed by atoms with Gasteiger partial charge in [-0.2, -0.15) is 0 Å². The van der Waals surface area contributed by atoms with Gasteiger partial charge >= 0.3 is 0 Å². The molecule has 0 aromatic carbocycles. The van der Waals surface area contributed by atoms with Gasteiger partial charge in [-0.05, 0) is 0 Å². The highest BCUT2D eigenvalue weighted by atomic mass is 14.0. The predicted molar refractivity (Wildman–Crippen MR) is 75.7 cm³/mol. The van der Waals surface area contributed by atoms with Gasteiger partial charge in [-0.3, -0.25) is 0 Å². The van der Waals surface area contributed by atoms with Crippen LogP contribution in [0.4, 0.5) is 0 Å². The van der Waals surface area contributed by atoms with Gasteiger partial charge in [0.25, 0.3) is 0 Å². The summed E-state index contributed by atoms with van der Waals surface area (Å²) < 4.78 is 7.95. The van der Waals surface area contributed by atoms with Crippen LogP contribution in [0, 0.1) is 6.92 Å². The molecule has 0 aliphatic heterocycles. The van der Waals surface area contributed by atoms with Crippen LogP contribution in [0.3, 0.4) is 0 Å². The van der Waals surface area contributed by atoms with Gasteiger partial charge < -0.3 is 0 Å². The lowest BCUT2D eigenvalue weighted by Gasteiger charge is -2.02. The molecule has 0 spiro atoms. The van der Waals surface area contributed by atoms with E-state index in [1.807, 2.05) is 0 Å². The Hall–Kier alpha value is 0. The summed E-state index contributed by atoms with van der Waals surface area (Å²) in [5, 5.41) is 0. The summed E-state index contributed by atoms with van der Waals surface area (Å²) in [6, 6.07) is 0. The molecule has 0 aliphatic carbocycles. The molecule has 0 fully saturated rings. The molecule has 0 heterocycles. The van der Waals surface area contributed by atoms with Gasteiger partial charge in [-0.1, -0.05) is 104 Å². The third-order valence-electron chi connectivity index (χ3n) is 3.17. The van der Waals surface area contributed by atoms with Crippen LogP contribution >= 0.6 is 0 Å². The molecule has 0 saturated carbocycles. The Balaban J connectivity index is 3.08. The van der Waals surface area contributed by atoms with E-state index in [1.54, 1.807) is 0 Å². The average Bonchev–Trinajstić information content (AvgIpc) is 2.33. The van der Waals surface area contributed by atoms with Crippen LogP contribution in [-0.2, 0) is 0 Å². The van der Waals surface area contributed by atoms with Crippen molar-refractivity contribution >= 4 is 0 Å². The van der Waals surface area contributed by atoms with Crippen molar-refractivity contribution < 1.29 is 1.37 Å². The highest BCUT2D eigenvalue weighted by molar-refractivity contribution is 4.49. The van der Waals surface area contributed by atoms with E-state index in [-0.39, 0.29) is 6.40 Å². The third-order valence-corrected chi connectivity index (χ3v) is 3.17. The molecule has 0 bridgehead atoms. The molecule has 1 radical (unpaired) electrons. The van der Waals surface area contributed by atoms with Gasteiger partial charge in [-0.25, -0.2) is 0 Å². The van der Waals surface area contributed by atoms with Crippen LogP contribution in [0.25, 0.3) is 0 Å². The van der Waals surface area contributed by atoms with E-state index in [2.05, 4.69) is 13.8 Å². The standard InChI is InChI=1S/C16H33/c1-3-5-7-9-11-13-15-16-14-12-10-8-6-4-2/h1,3-16H2,2H3/i14T. The second-order valence-corrected chi connectivity index (χ2v) is 4.90. The minimum absolute atomic E-state index is 0.215. The molecule has 0 saturated heterocycles. The number of hydrogen-bond acceptors (Lipinski definition) is 0. The number of rotatable bonds is 13. The summed E-state index contributed by atoms with van der Waals surface area (Å²) in [6.07, 6.45) is 16.8. The van der Waals surface area contributed by atoms with E-state index >= 15 is 0 Å². The Morgan fingerprint density at radius 3 is 1.62 bits per heavy atom. The average molecular weight is 227 g/mol. The van der Waals surface area contributed by atoms with E-state index in [4.69, 9.17) is 1.37 Å².